The van der Waals surface area contributed by atoms with E-state index in [1.165, 1.54) is 0 Å². The lowest BCUT2D eigenvalue weighted by atomic mass is 10.0. The Morgan fingerprint density at radius 2 is 1.56 bits per heavy atom. The monoisotopic (exact) mass is 450 g/mol. The van der Waals surface area contributed by atoms with Crippen molar-refractivity contribution in [1.29, 1.82) is 0 Å². The molecule has 0 radical (unpaired) electrons. The number of H-pyrrole nitrogens is 1. The van der Waals surface area contributed by atoms with Crippen molar-refractivity contribution in [2.45, 2.75) is 0 Å². The first-order chi connectivity index (χ1) is 16.7. The molecule has 8 heteroatoms. The molecule has 0 atom stereocenters. The summed E-state index contributed by atoms with van der Waals surface area (Å²) in [5, 5.41) is 0.909. The minimum absolute atomic E-state index is 0.0225. The zero-order valence-electron chi connectivity index (χ0n) is 18.4. The van der Waals surface area contributed by atoms with Gasteiger partial charge in [0, 0.05) is 61.9 Å². The van der Waals surface area contributed by atoms with Gasteiger partial charge in [-0.2, -0.15) is 0 Å². The topological polar surface area (TPSA) is 86.6 Å². The Kier molecular flexibility index (Phi) is 4.83. The average molecular weight is 451 g/mol. The Balaban J connectivity index is 1.15. The first-order valence-electron chi connectivity index (χ1n) is 11.2. The van der Waals surface area contributed by atoms with E-state index >= 15 is 0 Å². The minimum atomic E-state index is -0.0681. The summed E-state index contributed by atoms with van der Waals surface area (Å²) in [4.78, 5) is 41.4. The van der Waals surface area contributed by atoms with Gasteiger partial charge >= 0.3 is 0 Å². The molecule has 1 aliphatic heterocycles. The number of imidazole rings is 1. The molecule has 1 aromatic carbocycles. The van der Waals surface area contributed by atoms with Gasteiger partial charge in [-0.1, -0.05) is 12.1 Å². The number of aromatic amines is 1. The van der Waals surface area contributed by atoms with Crippen LogP contribution < -0.4 is 0 Å². The third kappa shape index (κ3) is 3.59. The van der Waals surface area contributed by atoms with E-state index in [0.717, 1.165) is 22.2 Å². The number of nitrogens with zero attached hydrogens (tertiary/aromatic N) is 5. The molecule has 1 saturated heterocycles. The van der Waals surface area contributed by atoms with E-state index in [2.05, 4.69) is 15.0 Å². The number of fused-ring (bicyclic) bond motifs is 2. The van der Waals surface area contributed by atoms with Crippen LogP contribution in [-0.2, 0) is 0 Å². The van der Waals surface area contributed by atoms with Gasteiger partial charge in [0.15, 0.2) is 0 Å². The molecular weight excluding hydrogens is 428 g/mol. The Bertz CT molecular complexity index is 1490. The predicted molar refractivity (Wildman–Crippen MR) is 129 cm³/mol. The Labute approximate surface area is 195 Å². The molecular formula is C26H22N6O2. The fraction of sp³-hybridized carbons (Fsp3) is 0.154. The SMILES string of the molecule is O=C(c1cccc(-c2ccn3ccnc3c2)c1)N1CCN(C(=O)c2cc3cccnc3[nH]2)CC1. The van der Waals surface area contributed by atoms with Gasteiger partial charge in [-0.15, -0.1) is 0 Å². The van der Waals surface area contributed by atoms with E-state index < -0.39 is 0 Å². The van der Waals surface area contributed by atoms with Crippen molar-refractivity contribution >= 4 is 28.5 Å². The molecule has 34 heavy (non-hydrogen) atoms. The quantitative estimate of drug-likeness (QED) is 0.456. The lowest BCUT2D eigenvalue weighted by molar-refractivity contribution is 0.0533. The second kappa shape index (κ2) is 8.15. The summed E-state index contributed by atoms with van der Waals surface area (Å²) in [6.07, 6.45) is 7.32. The summed E-state index contributed by atoms with van der Waals surface area (Å²) < 4.78 is 1.95. The summed E-state index contributed by atoms with van der Waals surface area (Å²) >= 11 is 0. The molecule has 2 amide bonds. The molecule has 168 valence electrons. The van der Waals surface area contributed by atoms with Crippen molar-refractivity contribution < 1.29 is 9.59 Å². The number of hydrogen-bond acceptors (Lipinski definition) is 4. The zero-order chi connectivity index (χ0) is 23.1. The highest BCUT2D eigenvalue weighted by atomic mass is 16.2. The molecule has 0 saturated carbocycles. The van der Waals surface area contributed by atoms with Crippen LogP contribution in [0, 0.1) is 0 Å². The van der Waals surface area contributed by atoms with Crippen LogP contribution in [-0.4, -0.2) is 67.1 Å². The Morgan fingerprint density at radius 1 is 0.765 bits per heavy atom. The van der Waals surface area contributed by atoms with Crippen molar-refractivity contribution in [3.05, 3.63) is 90.6 Å². The van der Waals surface area contributed by atoms with Crippen molar-refractivity contribution in [2.75, 3.05) is 26.2 Å². The first kappa shape index (κ1) is 20.2. The molecule has 1 aliphatic rings. The molecule has 4 aromatic heterocycles. The van der Waals surface area contributed by atoms with Crippen molar-refractivity contribution in [1.82, 2.24) is 29.2 Å². The summed E-state index contributed by atoms with van der Waals surface area (Å²) in [5.74, 6) is -0.0906. The number of aromatic nitrogens is 4. The van der Waals surface area contributed by atoms with Gasteiger partial charge in [0.2, 0.25) is 0 Å². The number of pyridine rings is 2. The fourth-order valence-corrected chi connectivity index (χ4v) is 4.46. The second-order valence-corrected chi connectivity index (χ2v) is 8.40. The van der Waals surface area contributed by atoms with Gasteiger partial charge in [0.05, 0.1) is 0 Å². The number of benzene rings is 1. The number of piperazine rings is 1. The highest BCUT2D eigenvalue weighted by Crippen LogP contribution is 2.23. The molecule has 1 N–H and O–H groups in total. The number of rotatable bonds is 3. The molecule has 5 aromatic rings. The molecule has 0 spiro atoms. The maximum absolute atomic E-state index is 13.2. The van der Waals surface area contributed by atoms with Crippen LogP contribution in [0.2, 0.25) is 0 Å². The highest BCUT2D eigenvalue weighted by molar-refractivity contribution is 5.98. The highest BCUT2D eigenvalue weighted by Gasteiger charge is 2.26. The van der Waals surface area contributed by atoms with Gasteiger partial charge in [-0.3, -0.25) is 9.59 Å². The number of nitrogens with one attached hydrogen (secondary N) is 1. The van der Waals surface area contributed by atoms with Crippen LogP contribution in [0.3, 0.4) is 0 Å². The number of hydrogen-bond donors (Lipinski definition) is 1. The van der Waals surface area contributed by atoms with E-state index in [1.54, 1.807) is 17.3 Å². The van der Waals surface area contributed by atoms with Gasteiger partial charge in [-0.05, 0) is 53.6 Å². The van der Waals surface area contributed by atoms with Crippen molar-refractivity contribution in [3.63, 3.8) is 0 Å². The third-order valence-corrected chi connectivity index (χ3v) is 6.32. The van der Waals surface area contributed by atoms with Gasteiger partial charge < -0.3 is 19.2 Å². The van der Waals surface area contributed by atoms with E-state index in [4.69, 9.17) is 0 Å². The van der Waals surface area contributed by atoms with Crippen LogP contribution in [0.25, 0.3) is 27.8 Å². The van der Waals surface area contributed by atoms with E-state index in [-0.39, 0.29) is 11.8 Å². The number of amides is 2. The smallest absolute Gasteiger partial charge is 0.270 e. The lowest BCUT2D eigenvalue weighted by Crippen LogP contribution is -2.50. The number of carbonyl (C=O) groups is 2. The van der Waals surface area contributed by atoms with Gasteiger partial charge in [0.25, 0.3) is 11.8 Å². The molecule has 5 heterocycles. The van der Waals surface area contributed by atoms with Gasteiger partial charge in [-0.25, -0.2) is 9.97 Å². The Morgan fingerprint density at radius 3 is 2.38 bits per heavy atom. The van der Waals surface area contributed by atoms with Crippen molar-refractivity contribution in [2.24, 2.45) is 0 Å². The molecule has 1 fully saturated rings. The molecule has 6 rings (SSSR count). The maximum atomic E-state index is 13.2. The molecule has 0 unspecified atom stereocenters. The largest absolute Gasteiger partial charge is 0.335 e. The van der Waals surface area contributed by atoms with Crippen LogP contribution in [0.5, 0.6) is 0 Å². The maximum Gasteiger partial charge on any atom is 0.270 e. The zero-order valence-corrected chi connectivity index (χ0v) is 18.4. The normalized spacial score (nSPS) is 14.1. The number of carbonyl (C=O) groups excluding carboxylic acids is 2. The Hall–Kier alpha value is -4.46. The summed E-state index contributed by atoms with van der Waals surface area (Å²) in [5.41, 5.74) is 4.71. The molecule has 0 aliphatic carbocycles. The summed E-state index contributed by atoms with van der Waals surface area (Å²) in [7, 11) is 0. The van der Waals surface area contributed by atoms with Crippen LogP contribution in [0.15, 0.2) is 79.4 Å². The lowest BCUT2D eigenvalue weighted by Gasteiger charge is -2.34. The summed E-state index contributed by atoms with van der Waals surface area (Å²) in [6.45, 7) is 1.97. The van der Waals surface area contributed by atoms with E-state index in [9.17, 15) is 9.59 Å². The fourth-order valence-electron chi connectivity index (χ4n) is 4.46. The van der Waals surface area contributed by atoms with Gasteiger partial charge in [0.1, 0.15) is 17.0 Å². The molecule has 8 nitrogen and oxygen atoms in total. The second-order valence-electron chi connectivity index (χ2n) is 8.40. The predicted octanol–water partition coefficient (Wildman–Crippen LogP) is 3.48. The van der Waals surface area contributed by atoms with Crippen LogP contribution in [0.4, 0.5) is 0 Å². The van der Waals surface area contributed by atoms with Crippen molar-refractivity contribution in [3.8, 4) is 11.1 Å². The third-order valence-electron chi connectivity index (χ3n) is 6.32. The molecule has 0 bridgehead atoms. The first-order valence-corrected chi connectivity index (χ1v) is 11.2. The summed E-state index contributed by atoms with van der Waals surface area (Å²) in [6, 6.07) is 17.3. The van der Waals surface area contributed by atoms with Crippen LogP contribution >= 0.6 is 0 Å². The standard InChI is InChI=1S/C26H22N6O2/c33-25(21-4-1-3-18(15-21)19-6-9-30-10-8-27-23(30)17-19)31-11-13-32(14-12-31)26(34)22-16-20-5-2-7-28-24(20)29-22/h1-10,15-17H,11-14H2,(H,28,29). The van der Waals surface area contributed by atoms with Crippen LogP contribution in [0.1, 0.15) is 20.8 Å². The van der Waals surface area contributed by atoms with E-state index in [1.807, 2.05) is 76.3 Å². The van der Waals surface area contributed by atoms with E-state index in [0.29, 0.717) is 43.1 Å². The average Bonchev–Trinajstić information content (AvgIpc) is 3.54. The minimum Gasteiger partial charge on any atom is -0.335 e.